The molecule has 0 radical (unpaired) electrons. The predicted octanol–water partition coefficient (Wildman–Crippen LogP) is 3.45. The molecule has 0 aliphatic carbocycles. The summed E-state index contributed by atoms with van der Waals surface area (Å²) in [5.41, 5.74) is 0.921. The third kappa shape index (κ3) is 4.72. The molecule has 2 aromatic rings. The Bertz CT molecular complexity index is 965. The van der Waals surface area contributed by atoms with Gasteiger partial charge in [0.25, 0.3) is 5.91 Å². The average molecular weight is 457 g/mol. The lowest BCUT2D eigenvalue weighted by molar-refractivity contribution is -0.129. The highest BCUT2D eigenvalue weighted by atomic mass is 32.1. The second-order valence-corrected chi connectivity index (χ2v) is 8.73. The van der Waals surface area contributed by atoms with Gasteiger partial charge in [-0.1, -0.05) is 18.2 Å². The monoisotopic (exact) mass is 456 g/mol. The Kier molecular flexibility index (Phi) is 7.24. The van der Waals surface area contributed by atoms with Gasteiger partial charge in [0.15, 0.2) is 5.76 Å². The van der Waals surface area contributed by atoms with Gasteiger partial charge >= 0.3 is 0 Å². The molecule has 2 aliphatic heterocycles. The highest BCUT2D eigenvalue weighted by Crippen LogP contribution is 2.40. The number of ether oxygens (including phenoxy) is 2. The number of carbonyl (C=O) groups excluding carboxylic acids is 2. The molecule has 0 bridgehead atoms. The minimum absolute atomic E-state index is 0.146. The molecule has 1 amide bonds. The van der Waals surface area contributed by atoms with E-state index in [1.54, 1.807) is 17.0 Å². The summed E-state index contributed by atoms with van der Waals surface area (Å²) >= 11 is 1.30. The van der Waals surface area contributed by atoms with Crippen molar-refractivity contribution in [2.24, 2.45) is 0 Å². The number of rotatable bonds is 9. The normalized spacial score (nSPS) is 19.6. The first-order valence-corrected chi connectivity index (χ1v) is 11.8. The Labute approximate surface area is 191 Å². The number of aliphatic hydroxyl groups excluding tert-OH is 1. The molecule has 4 rings (SSSR count). The second-order valence-electron chi connectivity index (χ2n) is 7.78. The van der Waals surface area contributed by atoms with Crippen LogP contribution >= 0.6 is 11.3 Å². The van der Waals surface area contributed by atoms with Gasteiger partial charge in [-0.3, -0.25) is 14.5 Å². The van der Waals surface area contributed by atoms with Crippen molar-refractivity contribution in [1.82, 2.24) is 9.80 Å². The maximum Gasteiger partial charge on any atom is 0.290 e. The van der Waals surface area contributed by atoms with Crippen molar-refractivity contribution in [2.45, 2.75) is 19.4 Å². The summed E-state index contributed by atoms with van der Waals surface area (Å²) in [5.74, 6) is -0.529. The maximum absolute atomic E-state index is 13.3. The van der Waals surface area contributed by atoms with Gasteiger partial charge in [0.2, 0.25) is 5.78 Å². The minimum Gasteiger partial charge on any atom is -0.503 e. The number of ketones is 1. The Hall–Kier alpha value is -2.68. The number of aliphatic hydroxyl groups is 1. The fraction of sp³-hybridized carbons (Fsp3) is 0.417. The number of hydrogen-bond acceptors (Lipinski definition) is 7. The highest BCUT2D eigenvalue weighted by molar-refractivity contribution is 7.12. The summed E-state index contributed by atoms with van der Waals surface area (Å²) in [6, 6.07) is 10.3. The quantitative estimate of drug-likeness (QED) is 0.583. The molecule has 0 saturated carbocycles. The zero-order chi connectivity index (χ0) is 22.5. The van der Waals surface area contributed by atoms with Gasteiger partial charge in [0, 0.05) is 26.2 Å². The number of morpholine rings is 1. The fourth-order valence-electron chi connectivity index (χ4n) is 4.21. The lowest BCUT2D eigenvalue weighted by atomic mass is 9.95. The SMILES string of the molecule is CCOc1ccc(C2C(C(=O)c3cccs3)=C(O)C(=O)N2CCCN2CCOCC2)cc1. The summed E-state index contributed by atoms with van der Waals surface area (Å²) in [5, 5.41) is 12.5. The van der Waals surface area contributed by atoms with Gasteiger partial charge < -0.3 is 19.5 Å². The molecule has 32 heavy (non-hydrogen) atoms. The van der Waals surface area contributed by atoms with Crippen molar-refractivity contribution in [3.05, 3.63) is 63.6 Å². The van der Waals surface area contributed by atoms with Gasteiger partial charge in [0.05, 0.1) is 36.3 Å². The number of benzene rings is 1. The summed E-state index contributed by atoms with van der Waals surface area (Å²) < 4.78 is 10.9. The molecule has 170 valence electrons. The van der Waals surface area contributed by atoms with Crippen molar-refractivity contribution in [1.29, 1.82) is 0 Å². The molecule has 0 spiro atoms. The van der Waals surface area contributed by atoms with E-state index < -0.39 is 17.7 Å². The van der Waals surface area contributed by atoms with Crippen LogP contribution < -0.4 is 4.74 Å². The van der Waals surface area contributed by atoms with Crippen molar-refractivity contribution >= 4 is 23.0 Å². The summed E-state index contributed by atoms with van der Waals surface area (Å²) in [6.07, 6.45) is 0.743. The highest BCUT2D eigenvalue weighted by Gasteiger charge is 2.43. The predicted molar refractivity (Wildman–Crippen MR) is 122 cm³/mol. The van der Waals surface area contributed by atoms with Crippen LogP contribution in [0.5, 0.6) is 5.75 Å². The molecule has 1 atom stereocenters. The van der Waals surface area contributed by atoms with E-state index in [0.29, 0.717) is 18.0 Å². The Balaban J connectivity index is 1.59. The van der Waals surface area contributed by atoms with Crippen LogP contribution in [0.3, 0.4) is 0 Å². The first kappa shape index (κ1) is 22.5. The van der Waals surface area contributed by atoms with Crippen LogP contribution in [-0.2, 0) is 9.53 Å². The lowest BCUT2D eigenvalue weighted by Crippen LogP contribution is -2.39. The van der Waals surface area contributed by atoms with Gasteiger partial charge in [-0.2, -0.15) is 0 Å². The Morgan fingerprint density at radius 1 is 1.19 bits per heavy atom. The first-order chi connectivity index (χ1) is 15.6. The van der Waals surface area contributed by atoms with Crippen molar-refractivity contribution in [2.75, 3.05) is 46.0 Å². The smallest absolute Gasteiger partial charge is 0.290 e. The number of hydrogen-bond donors (Lipinski definition) is 1. The molecule has 3 heterocycles. The van der Waals surface area contributed by atoms with E-state index >= 15 is 0 Å². The fourth-order valence-corrected chi connectivity index (χ4v) is 4.88. The second kappa shape index (κ2) is 10.3. The molecule has 8 heteroatoms. The first-order valence-electron chi connectivity index (χ1n) is 10.9. The van der Waals surface area contributed by atoms with Gasteiger partial charge in [-0.15, -0.1) is 11.3 Å². The van der Waals surface area contributed by atoms with Gasteiger partial charge in [-0.25, -0.2) is 0 Å². The van der Waals surface area contributed by atoms with E-state index in [2.05, 4.69) is 4.90 Å². The van der Waals surface area contributed by atoms with Crippen LogP contribution in [-0.4, -0.2) is 72.6 Å². The molecule has 1 N–H and O–H groups in total. The van der Waals surface area contributed by atoms with Crippen LogP contribution in [0.25, 0.3) is 0 Å². The molecule has 1 saturated heterocycles. The van der Waals surface area contributed by atoms with Crippen molar-refractivity contribution < 1.29 is 24.2 Å². The van der Waals surface area contributed by atoms with E-state index in [0.717, 1.165) is 50.6 Å². The number of carbonyl (C=O) groups is 2. The Morgan fingerprint density at radius 3 is 2.59 bits per heavy atom. The molecule has 1 aromatic heterocycles. The molecular weight excluding hydrogens is 428 g/mol. The standard InChI is InChI=1S/C24H28N2O5S/c1-2-31-18-8-6-17(7-9-18)21-20(22(27)19-5-3-16-32-19)23(28)24(29)26(21)11-4-10-25-12-14-30-15-13-25/h3,5-9,16,21,28H,2,4,10-15H2,1H3. The molecule has 1 aromatic carbocycles. The van der Waals surface area contributed by atoms with E-state index in [-0.39, 0.29) is 11.4 Å². The number of thiophene rings is 1. The van der Waals surface area contributed by atoms with Crippen molar-refractivity contribution in [3.63, 3.8) is 0 Å². The van der Waals surface area contributed by atoms with Gasteiger partial charge in [0.1, 0.15) is 5.75 Å². The number of amides is 1. The molecule has 2 aliphatic rings. The van der Waals surface area contributed by atoms with E-state index in [9.17, 15) is 14.7 Å². The summed E-state index contributed by atoms with van der Waals surface area (Å²) in [6.45, 7) is 6.94. The van der Waals surface area contributed by atoms with E-state index in [1.165, 1.54) is 11.3 Å². The third-order valence-corrected chi connectivity index (χ3v) is 6.65. The molecule has 7 nitrogen and oxygen atoms in total. The largest absolute Gasteiger partial charge is 0.503 e. The summed E-state index contributed by atoms with van der Waals surface area (Å²) in [4.78, 5) is 30.7. The van der Waals surface area contributed by atoms with E-state index in [1.807, 2.05) is 36.6 Å². The van der Waals surface area contributed by atoms with E-state index in [4.69, 9.17) is 9.47 Å². The third-order valence-electron chi connectivity index (χ3n) is 5.78. The zero-order valence-electron chi connectivity index (χ0n) is 18.2. The molecule has 1 fully saturated rings. The van der Waals surface area contributed by atoms with Crippen molar-refractivity contribution in [3.8, 4) is 5.75 Å². The lowest BCUT2D eigenvalue weighted by Gasteiger charge is -2.30. The van der Waals surface area contributed by atoms with Crippen LogP contribution in [0, 0.1) is 0 Å². The van der Waals surface area contributed by atoms with Crippen LogP contribution in [0.4, 0.5) is 0 Å². The maximum atomic E-state index is 13.3. The zero-order valence-corrected chi connectivity index (χ0v) is 19.0. The van der Waals surface area contributed by atoms with Crippen LogP contribution in [0.2, 0.25) is 0 Å². The number of Topliss-reactive ketones (excluding diaryl/α,β-unsaturated/α-hetero) is 1. The molecular formula is C24H28N2O5S. The topological polar surface area (TPSA) is 79.3 Å². The van der Waals surface area contributed by atoms with Gasteiger partial charge in [-0.05, 0) is 42.5 Å². The average Bonchev–Trinajstić information content (AvgIpc) is 3.43. The minimum atomic E-state index is -0.627. The number of nitrogens with zero attached hydrogens (tertiary/aromatic N) is 2. The van der Waals surface area contributed by atoms with Crippen LogP contribution in [0.1, 0.15) is 34.6 Å². The Morgan fingerprint density at radius 2 is 1.94 bits per heavy atom. The summed E-state index contributed by atoms with van der Waals surface area (Å²) in [7, 11) is 0. The molecule has 1 unspecified atom stereocenters. The van der Waals surface area contributed by atoms with Crippen LogP contribution in [0.15, 0.2) is 53.1 Å².